The fourth-order valence-electron chi connectivity index (χ4n) is 2.17. The molecule has 0 aliphatic rings. The Bertz CT molecular complexity index is 642. The number of pyridine rings is 1. The lowest BCUT2D eigenvalue weighted by Gasteiger charge is -2.22. The number of nitrogens with zero attached hydrogens (tertiary/aromatic N) is 2. The first-order chi connectivity index (χ1) is 10.0. The van der Waals surface area contributed by atoms with Gasteiger partial charge in [-0.05, 0) is 54.9 Å². The van der Waals surface area contributed by atoms with Gasteiger partial charge in [0.05, 0.1) is 12.1 Å². The Balaban J connectivity index is 2.26. The first-order valence-electron chi connectivity index (χ1n) is 7.11. The minimum absolute atomic E-state index is 0.0147. The van der Waals surface area contributed by atoms with Gasteiger partial charge in [0.2, 0.25) is 5.91 Å². The Morgan fingerprint density at radius 3 is 2.76 bits per heavy atom. The molecule has 0 atom stereocenters. The second-order valence-electron chi connectivity index (χ2n) is 5.22. The van der Waals surface area contributed by atoms with Crippen molar-refractivity contribution in [2.45, 2.75) is 26.8 Å². The Morgan fingerprint density at radius 2 is 2.10 bits per heavy atom. The summed E-state index contributed by atoms with van der Waals surface area (Å²) >= 11 is 3.53. The van der Waals surface area contributed by atoms with Crippen molar-refractivity contribution >= 4 is 38.6 Å². The molecule has 1 amide bonds. The molecule has 0 aliphatic carbocycles. The highest BCUT2D eigenvalue weighted by molar-refractivity contribution is 9.10. The minimum Gasteiger partial charge on any atom is -0.352 e. The molecule has 0 saturated carbocycles. The molecule has 0 fully saturated rings. The molecule has 1 aromatic heterocycles. The number of rotatable bonds is 5. The van der Waals surface area contributed by atoms with Crippen LogP contribution in [0.25, 0.3) is 10.9 Å². The molecular formula is C16H20BrN3O. The molecule has 21 heavy (non-hydrogen) atoms. The minimum atomic E-state index is 0.0147. The largest absolute Gasteiger partial charge is 0.352 e. The molecule has 1 N–H and O–H groups in total. The summed E-state index contributed by atoms with van der Waals surface area (Å²) in [5.41, 5.74) is 0.915. The van der Waals surface area contributed by atoms with Crippen molar-refractivity contribution in [2.24, 2.45) is 0 Å². The van der Waals surface area contributed by atoms with Crippen molar-refractivity contribution in [2.75, 3.05) is 18.0 Å². The standard InChI is InChI=1S/C16H20BrN3O/c1-4-20(10-15(21)18-11(2)3)14-9-8-12-6-5-7-13(17)16(12)19-14/h5-9,11H,4,10H2,1-3H3,(H,18,21). The molecule has 0 radical (unpaired) electrons. The summed E-state index contributed by atoms with van der Waals surface area (Å²) in [5.74, 6) is 0.830. The molecule has 5 heteroatoms. The number of likely N-dealkylation sites (N-methyl/N-ethyl adjacent to an activating group) is 1. The average molecular weight is 350 g/mol. The van der Waals surface area contributed by atoms with E-state index in [0.29, 0.717) is 6.54 Å². The Morgan fingerprint density at radius 1 is 1.33 bits per heavy atom. The van der Waals surface area contributed by atoms with E-state index in [1.807, 2.05) is 56.0 Å². The number of halogens is 1. The van der Waals surface area contributed by atoms with Crippen molar-refractivity contribution in [1.29, 1.82) is 0 Å². The van der Waals surface area contributed by atoms with Crippen molar-refractivity contribution in [3.8, 4) is 0 Å². The van der Waals surface area contributed by atoms with E-state index in [2.05, 4.69) is 26.2 Å². The van der Waals surface area contributed by atoms with Gasteiger partial charge in [-0.3, -0.25) is 4.79 Å². The molecule has 0 bridgehead atoms. The third-order valence-electron chi connectivity index (χ3n) is 3.15. The quantitative estimate of drug-likeness (QED) is 0.900. The summed E-state index contributed by atoms with van der Waals surface area (Å²) in [7, 11) is 0. The first kappa shape index (κ1) is 15.8. The van der Waals surface area contributed by atoms with Gasteiger partial charge in [0.1, 0.15) is 5.82 Å². The van der Waals surface area contributed by atoms with E-state index >= 15 is 0 Å². The zero-order chi connectivity index (χ0) is 15.4. The predicted octanol–water partition coefficient (Wildman–Crippen LogP) is 3.35. The normalized spacial score (nSPS) is 10.9. The Kier molecular flexibility index (Phi) is 5.17. The Hall–Kier alpha value is -1.62. The van der Waals surface area contributed by atoms with Crippen LogP contribution in [-0.2, 0) is 4.79 Å². The molecule has 0 aliphatic heterocycles. The second-order valence-corrected chi connectivity index (χ2v) is 6.07. The van der Waals surface area contributed by atoms with Gasteiger partial charge < -0.3 is 10.2 Å². The topological polar surface area (TPSA) is 45.2 Å². The summed E-state index contributed by atoms with van der Waals surface area (Å²) in [6, 6.07) is 10.1. The van der Waals surface area contributed by atoms with Crippen LogP contribution in [0.3, 0.4) is 0 Å². The van der Waals surface area contributed by atoms with Gasteiger partial charge >= 0.3 is 0 Å². The number of benzene rings is 1. The molecule has 1 heterocycles. The molecule has 1 aromatic carbocycles. The number of hydrogen-bond donors (Lipinski definition) is 1. The van der Waals surface area contributed by atoms with Gasteiger partial charge in [-0.2, -0.15) is 0 Å². The zero-order valence-corrected chi connectivity index (χ0v) is 14.1. The van der Waals surface area contributed by atoms with E-state index < -0.39 is 0 Å². The third kappa shape index (κ3) is 3.94. The highest BCUT2D eigenvalue weighted by Gasteiger charge is 2.13. The summed E-state index contributed by atoms with van der Waals surface area (Å²) in [4.78, 5) is 18.6. The van der Waals surface area contributed by atoms with Gasteiger partial charge in [0.25, 0.3) is 0 Å². The maximum atomic E-state index is 11.9. The molecule has 2 rings (SSSR count). The van der Waals surface area contributed by atoms with Crippen LogP contribution in [0.15, 0.2) is 34.8 Å². The number of para-hydroxylation sites is 1. The van der Waals surface area contributed by atoms with Gasteiger partial charge in [0.15, 0.2) is 0 Å². The van der Waals surface area contributed by atoms with Gasteiger partial charge in [-0.25, -0.2) is 4.98 Å². The number of anilines is 1. The van der Waals surface area contributed by atoms with Crippen molar-refractivity contribution in [3.05, 3.63) is 34.8 Å². The maximum Gasteiger partial charge on any atom is 0.239 e. The molecular weight excluding hydrogens is 330 g/mol. The van der Waals surface area contributed by atoms with Crippen LogP contribution >= 0.6 is 15.9 Å². The number of fused-ring (bicyclic) bond motifs is 1. The summed E-state index contributed by atoms with van der Waals surface area (Å²) in [6.45, 7) is 6.99. The van der Waals surface area contributed by atoms with Crippen LogP contribution in [0.4, 0.5) is 5.82 Å². The summed E-state index contributed by atoms with van der Waals surface area (Å²) in [6.07, 6.45) is 0. The highest BCUT2D eigenvalue weighted by Crippen LogP contribution is 2.24. The molecule has 112 valence electrons. The first-order valence-corrected chi connectivity index (χ1v) is 7.90. The van der Waals surface area contributed by atoms with E-state index in [0.717, 1.165) is 27.7 Å². The lowest BCUT2D eigenvalue weighted by atomic mass is 10.2. The van der Waals surface area contributed by atoms with Crippen LogP contribution in [0, 0.1) is 0 Å². The molecule has 2 aromatic rings. The summed E-state index contributed by atoms with van der Waals surface area (Å²) < 4.78 is 0.963. The van der Waals surface area contributed by atoms with Crippen LogP contribution in [0.2, 0.25) is 0 Å². The van der Waals surface area contributed by atoms with Gasteiger partial charge in [-0.15, -0.1) is 0 Å². The monoisotopic (exact) mass is 349 g/mol. The van der Waals surface area contributed by atoms with E-state index in [4.69, 9.17) is 0 Å². The number of hydrogen-bond acceptors (Lipinski definition) is 3. The van der Waals surface area contributed by atoms with Crippen LogP contribution in [0.1, 0.15) is 20.8 Å². The number of nitrogens with one attached hydrogen (secondary N) is 1. The number of aromatic nitrogens is 1. The van der Waals surface area contributed by atoms with Crippen LogP contribution in [0.5, 0.6) is 0 Å². The van der Waals surface area contributed by atoms with Gasteiger partial charge in [0, 0.05) is 22.4 Å². The summed E-state index contributed by atoms with van der Waals surface area (Å²) in [5, 5.41) is 3.99. The number of amides is 1. The smallest absolute Gasteiger partial charge is 0.239 e. The molecule has 4 nitrogen and oxygen atoms in total. The van der Waals surface area contributed by atoms with Crippen molar-refractivity contribution < 1.29 is 4.79 Å². The SMILES string of the molecule is CCN(CC(=O)NC(C)C)c1ccc2cccc(Br)c2n1. The van der Waals surface area contributed by atoms with Gasteiger partial charge in [-0.1, -0.05) is 12.1 Å². The predicted molar refractivity (Wildman–Crippen MR) is 90.6 cm³/mol. The number of carbonyl (C=O) groups excluding carboxylic acids is 1. The number of carbonyl (C=O) groups is 1. The van der Waals surface area contributed by atoms with Crippen LogP contribution in [-0.4, -0.2) is 30.0 Å². The fraction of sp³-hybridized carbons (Fsp3) is 0.375. The van der Waals surface area contributed by atoms with E-state index in [1.54, 1.807) is 0 Å². The average Bonchev–Trinajstić information content (AvgIpc) is 2.44. The van der Waals surface area contributed by atoms with Crippen molar-refractivity contribution in [1.82, 2.24) is 10.3 Å². The maximum absolute atomic E-state index is 11.9. The zero-order valence-electron chi connectivity index (χ0n) is 12.6. The van der Waals surface area contributed by atoms with Crippen molar-refractivity contribution in [3.63, 3.8) is 0 Å². The highest BCUT2D eigenvalue weighted by atomic mass is 79.9. The van der Waals surface area contributed by atoms with E-state index in [-0.39, 0.29) is 11.9 Å². The van der Waals surface area contributed by atoms with Crippen LogP contribution < -0.4 is 10.2 Å². The fourth-order valence-corrected chi connectivity index (χ4v) is 2.64. The second kappa shape index (κ2) is 6.89. The third-order valence-corrected chi connectivity index (χ3v) is 3.79. The molecule has 0 saturated heterocycles. The Labute approximate surface area is 133 Å². The van der Waals surface area contributed by atoms with E-state index in [1.165, 1.54) is 0 Å². The lowest BCUT2D eigenvalue weighted by Crippen LogP contribution is -2.40. The lowest BCUT2D eigenvalue weighted by molar-refractivity contribution is -0.120. The molecule has 0 unspecified atom stereocenters. The van der Waals surface area contributed by atoms with E-state index in [9.17, 15) is 4.79 Å². The molecule has 0 spiro atoms.